The molecular weight excluding hydrogens is 464 g/mol. The predicted molar refractivity (Wildman–Crippen MR) is 137 cm³/mol. The van der Waals surface area contributed by atoms with Crippen molar-refractivity contribution >= 4 is 40.8 Å². The third kappa shape index (κ3) is 5.12. The maximum atomic E-state index is 12.9. The van der Waals surface area contributed by atoms with Gasteiger partial charge in [-0.15, -0.1) is 0 Å². The van der Waals surface area contributed by atoms with E-state index < -0.39 is 17.8 Å². The van der Waals surface area contributed by atoms with Crippen LogP contribution in [0.3, 0.4) is 0 Å². The van der Waals surface area contributed by atoms with E-state index in [0.29, 0.717) is 22.7 Å². The normalized spacial score (nSPS) is 13.9. The fourth-order valence-electron chi connectivity index (χ4n) is 3.64. The van der Waals surface area contributed by atoms with Gasteiger partial charge in [0.1, 0.15) is 16.5 Å². The van der Waals surface area contributed by atoms with Gasteiger partial charge in [-0.1, -0.05) is 56.6 Å². The summed E-state index contributed by atoms with van der Waals surface area (Å²) in [5, 5.41) is 2.71. The first-order valence-corrected chi connectivity index (χ1v) is 11.5. The molecule has 1 heterocycles. The van der Waals surface area contributed by atoms with Gasteiger partial charge in [-0.2, -0.15) is 0 Å². The first-order valence-electron chi connectivity index (χ1n) is 11.1. The largest absolute Gasteiger partial charge is 0.423 e. The van der Waals surface area contributed by atoms with Crippen LogP contribution in [0.1, 0.15) is 42.3 Å². The molecule has 0 aromatic heterocycles. The number of imide groups is 1. The number of anilines is 2. The van der Waals surface area contributed by atoms with Crippen molar-refractivity contribution in [2.24, 2.45) is 0 Å². The number of ether oxygens (including phenoxy) is 1. The molecule has 178 valence electrons. The van der Waals surface area contributed by atoms with Crippen molar-refractivity contribution in [3.05, 3.63) is 100 Å². The Morgan fingerprint density at radius 2 is 1.57 bits per heavy atom. The van der Waals surface area contributed by atoms with E-state index in [2.05, 4.69) is 26.1 Å². The highest BCUT2D eigenvalue weighted by Crippen LogP contribution is 2.30. The number of amides is 2. The molecule has 0 aliphatic carbocycles. The van der Waals surface area contributed by atoms with E-state index in [1.807, 2.05) is 25.1 Å². The quantitative estimate of drug-likeness (QED) is 0.273. The number of aryl methyl sites for hydroxylation is 1. The van der Waals surface area contributed by atoms with Crippen LogP contribution in [0, 0.1) is 6.92 Å². The fourth-order valence-corrected chi connectivity index (χ4v) is 3.85. The Morgan fingerprint density at radius 1 is 0.914 bits per heavy atom. The number of hydrogen-bond donors (Lipinski definition) is 1. The van der Waals surface area contributed by atoms with Crippen LogP contribution >= 0.6 is 11.6 Å². The molecule has 35 heavy (non-hydrogen) atoms. The van der Waals surface area contributed by atoms with Crippen molar-refractivity contribution in [1.29, 1.82) is 0 Å². The average Bonchev–Trinajstić information content (AvgIpc) is 3.02. The maximum Gasteiger partial charge on any atom is 0.343 e. The summed E-state index contributed by atoms with van der Waals surface area (Å²) in [6, 6.07) is 20.8. The average molecular weight is 489 g/mol. The molecule has 3 aromatic carbocycles. The summed E-state index contributed by atoms with van der Waals surface area (Å²) >= 11 is 6.20. The first kappa shape index (κ1) is 24.2. The van der Waals surface area contributed by atoms with E-state index in [0.717, 1.165) is 16.0 Å². The number of benzene rings is 3. The van der Waals surface area contributed by atoms with Crippen molar-refractivity contribution in [2.45, 2.75) is 33.1 Å². The lowest BCUT2D eigenvalue weighted by atomic mass is 9.87. The number of rotatable bonds is 5. The molecule has 7 heteroatoms. The molecule has 0 bridgehead atoms. The molecule has 0 fully saturated rings. The Hall–Kier alpha value is -3.90. The molecule has 6 nitrogen and oxygen atoms in total. The van der Waals surface area contributed by atoms with E-state index >= 15 is 0 Å². The summed E-state index contributed by atoms with van der Waals surface area (Å²) in [7, 11) is 0. The zero-order chi connectivity index (χ0) is 25.3. The summed E-state index contributed by atoms with van der Waals surface area (Å²) in [6.45, 7) is 8.21. The molecule has 1 N–H and O–H groups in total. The highest BCUT2D eigenvalue weighted by Gasteiger charge is 2.39. The van der Waals surface area contributed by atoms with Gasteiger partial charge in [-0.05, 0) is 72.0 Å². The zero-order valence-corrected chi connectivity index (χ0v) is 20.6. The van der Waals surface area contributed by atoms with Gasteiger partial charge in [0, 0.05) is 5.69 Å². The van der Waals surface area contributed by atoms with Gasteiger partial charge in [0.25, 0.3) is 11.8 Å². The Balaban J connectivity index is 1.45. The highest BCUT2D eigenvalue weighted by molar-refractivity contribution is 6.53. The van der Waals surface area contributed by atoms with E-state index in [-0.39, 0.29) is 16.1 Å². The lowest BCUT2D eigenvalue weighted by Crippen LogP contribution is -2.32. The molecule has 0 saturated carbocycles. The lowest BCUT2D eigenvalue weighted by molar-refractivity contribution is -0.120. The topological polar surface area (TPSA) is 75.7 Å². The lowest BCUT2D eigenvalue weighted by Gasteiger charge is -2.19. The Morgan fingerprint density at radius 3 is 2.17 bits per heavy atom. The van der Waals surface area contributed by atoms with Crippen LogP contribution in [-0.2, 0) is 15.0 Å². The van der Waals surface area contributed by atoms with Gasteiger partial charge in [0.15, 0.2) is 0 Å². The Kier molecular flexibility index (Phi) is 6.50. The van der Waals surface area contributed by atoms with Crippen LogP contribution in [-0.4, -0.2) is 17.8 Å². The van der Waals surface area contributed by atoms with Crippen LogP contribution in [0.4, 0.5) is 11.4 Å². The first-order chi connectivity index (χ1) is 16.5. The third-order valence-corrected chi connectivity index (χ3v) is 5.96. The van der Waals surface area contributed by atoms with Gasteiger partial charge in [-0.3, -0.25) is 9.59 Å². The van der Waals surface area contributed by atoms with Gasteiger partial charge in [-0.25, -0.2) is 9.69 Å². The minimum Gasteiger partial charge on any atom is -0.423 e. The summed E-state index contributed by atoms with van der Waals surface area (Å²) in [5.74, 6) is -1.20. The van der Waals surface area contributed by atoms with Crippen LogP contribution in [0.25, 0.3) is 0 Å². The van der Waals surface area contributed by atoms with Crippen LogP contribution in [0.15, 0.2) is 83.5 Å². The van der Waals surface area contributed by atoms with E-state index in [9.17, 15) is 14.4 Å². The summed E-state index contributed by atoms with van der Waals surface area (Å²) < 4.78 is 5.47. The number of nitrogens with one attached hydrogen (secondary N) is 1. The minimum absolute atomic E-state index is 0.00604. The number of esters is 1. The van der Waals surface area contributed by atoms with Gasteiger partial charge in [0.05, 0.1) is 11.3 Å². The number of nitrogens with zero attached hydrogens (tertiary/aromatic N) is 1. The smallest absolute Gasteiger partial charge is 0.343 e. The highest BCUT2D eigenvalue weighted by atomic mass is 35.5. The molecule has 0 atom stereocenters. The Bertz CT molecular complexity index is 1340. The fraction of sp³-hybridized carbons (Fsp3) is 0.179. The molecular formula is C28H25ClN2O4. The summed E-state index contributed by atoms with van der Waals surface area (Å²) in [4.78, 5) is 39.2. The molecule has 1 aliphatic rings. The summed E-state index contributed by atoms with van der Waals surface area (Å²) in [5.41, 5.74) is 3.32. The monoisotopic (exact) mass is 488 g/mol. The SMILES string of the molecule is Cc1cccc(N2C(=O)C(Cl)=C(Nc3ccc(C(=O)Oc4ccc(C(C)(C)C)cc4)cc3)C2=O)c1. The Labute approximate surface area is 209 Å². The van der Waals surface area contributed by atoms with Crippen molar-refractivity contribution in [2.75, 3.05) is 10.2 Å². The molecule has 0 unspecified atom stereocenters. The molecule has 0 spiro atoms. The van der Waals surface area contributed by atoms with Crippen molar-refractivity contribution in [3.63, 3.8) is 0 Å². The van der Waals surface area contributed by atoms with Gasteiger partial charge >= 0.3 is 5.97 Å². The molecule has 3 aromatic rings. The van der Waals surface area contributed by atoms with Crippen LogP contribution < -0.4 is 15.0 Å². The number of halogens is 1. The van der Waals surface area contributed by atoms with Crippen LogP contribution in [0.2, 0.25) is 0 Å². The van der Waals surface area contributed by atoms with Crippen molar-refractivity contribution in [1.82, 2.24) is 0 Å². The molecule has 2 amide bonds. The zero-order valence-electron chi connectivity index (χ0n) is 19.9. The number of hydrogen-bond acceptors (Lipinski definition) is 5. The second-order valence-corrected chi connectivity index (χ2v) is 9.72. The van der Waals surface area contributed by atoms with E-state index in [1.54, 1.807) is 54.6 Å². The van der Waals surface area contributed by atoms with Crippen molar-refractivity contribution in [3.8, 4) is 5.75 Å². The molecule has 0 radical (unpaired) electrons. The standard InChI is InChI=1S/C28H25ClN2O4/c1-17-6-5-7-21(16-17)31-25(32)23(29)24(26(31)33)30-20-12-8-18(9-13-20)27(34)35-22-14-10-19(11-15-22)28(2,3)4/h5-16,30H,1-4H3. The molecule has 4 rings (SSSR count). The predicted octanol–water partition coefficient (Wildman–Crippen LogP) is 5.95. The van der Waals surface area contributed by atoms with Gasteiger partial charge < -0.3 is 10.1 Å². The second kappa shape index (κ2) is 9.39. The molecule has 1 aliphatic heterocycles. The summed E-state index contributed by atoms with van der Waals surface area (Å²) in [6.07, 6.45) is 0. The molecule has 0 saturated heterocycles. The maximum absolute atomic E-state index is 12.9. The van der Waals surface area contributed by atoms with E-state index in [4.69, 9.17) is 16.3 Å². The van der Waals surface area contributed by atoms with E-state index in [1.165, 1.54) is 0 Å². The second-order valence-electron chi connectivity index (χ2n) is 9.34. The van der Waals surface area contributed by atoms with Crippen molar-refractivity contribution < 1.29 is 19.1 Å². The third-order valence-electron chi connectivity index (χ3n) is 5.61. The number of carbonyl (C=O) groups excluding carboxylic acids is 3. The van der Waals surface area contributed by atoms with Gasteiger partial charge in [0.2, 0.25) is 0 Å². The van der Waals surface area contributed by atoms with Crippen LogP contribution in [0.5, 0.6) is 5.75 Å². The number of carbonyl (C=O) groups is 3. The minimum atomic E-state index is -0.595.